The van der Waals surface area contributed by atoms with Gasteiger partial charge < -0.3 is 0 Å². The first kappa shape index (κ1) is 12.0. The first-order valence-electron chi connectivity index (χ1n) is 5.25. The number of rotatable bonds is 3. The molecule has 0 aromatic heterocycles. The highest BCUT2D eigenvalue weighted by Gasteiger charge is 2.22. The van der Waals surface area contributed by atoms with Crippen molar-refractivity contribution in [3.8, 4) is 0 Å². The minimum Gasteiger partial charge on any atom is -0.0625 e. The summed E-state index contributed by atoms with van der Waals surface area (Å²) < 4.78 is 0. The Bertz CT molecular complexity index is 116. The second-order valence-electron chi connectivity index (χ2n) is 5.72. The third-order valence-electron chi connectivity index (χ3n) is 3.34. The maximum Gasteiger partial charge on any atom is -0.0357 e. The van der Waals surface area contributed by atoms with Crippen LogP contribution in [0.15, 0.2) is 0 Å². The summed E-state index contributed by atoms with van der Waals surface area (Å²) in [4.78, 5) is 0. The summed E-state index contributed by atoms with van der Waals surface area (Å²) in [5.41, 5.74) is 0.475. The maximum absolute atomic E-state index is 2.37. The Kier molecular flexibility index (Phi) is 4.30. The van der Waals surface area contributed by atoms with Crippen LogP contribution in [0.1, 0.15) is 54.9 Å². The van der Waals surface area contributed by atoms with Gasteiger partial charge in [0, 0.05) is 0 Å². The lowest BCUT2D eigenvalue weighted by Gasteiger charge is -2.30. The van der Waals surface area contributed by atoms with Crippen molar-refractivity contribution >= 4 is 0 Å². The van der Waals surface area contributed by atoms with E-state index >= 15 is 0 Å². The van der Waals surface area contributed by atoms with E-state index in [0.29, 0.717) is 5.41 Å². The summed E-state index contributed by atoms with van der Waals surface area (Å²) in [6.07, 6.45) is 1.36. The predicted molar refractivity (Wildman–Crippen MR) is 57.2 cm³/mol. The fourth-order valence-corrected chi connectivity index (χ4v) is 1.18. The molecule has 2 atom stereocenters. The summed E-state index contributed by atoms with van der Waals surface area (Å²) in [6, 6.07) is 0. The SMILES string of the molecule is CC(C)[C@H](C)C[C@@H](C)C(C)(C)C. The molecule has 0 aliphatic carbocycles. The lowest BCUT2D eigenvalue weighted by Crippen LogP contribution is -2.21. The van der Waals surface area contributed by atoms with Crippen molar-refractivity contribution in [2.45, 2.75) is 54.9 Å². The van der Waals surface area contributed by atoms with Crippen molar-refractivity contribution in [3.05, 3.63) is 0 Å². The predicted octanol–water partition coefficient (Wildman–Crippen LogP) is 4.35. The molecule has 0 saturated heterocycles. The molecule has 0 N–H and O–H groups in total. The first-order valence-corrected chi connectivity index (χ1v) is 5.25. The summed E-state index contributed by atoms with van der Waals surface area (Å²) in [6.45, 7) is 16.4. The molecule has 0 aliphatic rings. The van der Waals surface area contributed by atoms with Crippen LogP contribution < -0.4 is 0 Å². The van der Waals surface area contributed by atoms with Crippen LogP contribution in [0.25, 0.3) is 0 Å². The molecule has 12 heavy (non-hydrogen) atoms. The van der Waals surface area contributed by atoms with Crippen LogP contribution in [-0.2, 0) is 0 Å². The van der Waals surface area contributed by atoms with Gasteiger partial charge in [-0.05, 0) is 29.6 Å². The lowest BCUT2D eigenvalue weighted by atomic mass is 9.75. The molecular weight excluding hydrogens is 144 g/mol. The molecule has 0 saturated carbocycles. The van der Waals surface area contributed by atoms with E-state index < -0.39 is 0 Å². The highest BCUT2D eigenvalue weighted by Crippen LogP contribution is 2.32. The zero-order chi connectivity index (χ0) is 9.94. The molecule has 0 radical (unpaired) electrons. The summed E-state index contributed by atoms with van der Waals surface area (Å²) in [5, 5.41) is 0. The van der Waals surface area contributed by atoms with Gasteiger partial charge >= 0.3 is 0 Å². The van der Waals surface area contributed by atoms with E-state index in [1.54, 1.807) is 0 Å². The smallest absolute Gasteiger partial charge is 0.0357 e. The van der Waals surface area contributed by atoms with Crippen molar-refractivity contribution in [1.29, 1.82) is 0 Å². The van der Waals surface area contributed by atoms with Crippen LogP contribution in [0.5, 0.6) is 0 Å². The molecule has 0 aromatic rings. The van der Waals surface area contributed by atoms with Crippen molar-refractivity contribution in [2.75, 3.05) is 0 Å². The monoisotopic (exact) mass is 170 g/mol. The topological polar surface area (TPSA) is 0 Å². The molecule has 0 heterocycles. The van der Waals surface area contributed by atoms with E-state index in [0.717, 1.165) is 17.8 Å². The Morgan fingerprint density at radius 2 is 1.33 bits per heavy atom. The summed E-state index contributed by atoms with van der Waals surface area (Å²) >= 11 is 0. The molecule has 0 heteroatoms. The highest BCUT2D eigenvalue weighted by molar-refractivity contribution is 4.73. The van der Waals surface area contributed by atoms with E-state index in [4.69, 9.17) is 0 Å². The van der Waals surface area contributed by atoms with Crippen LogP contribution in [0, 0.1) is 23.2 Å². The van der Waals surface area contributed by atoms with Gasteiger partial charge in [0.05, 0.1) is 0 Å². The molecule has 0 spiro atoms. The van der Waals surface area contributed by atoms with Gasteiger partial charge in [-0.2, -0.15) is 0 Å². The number of hydrogen-bond acceptors (Lipinski definition) is 0. The Morgan fingerprint density at radius 1 is 0.917 bits per heavy atom. The van der Waals surface area contributed by atoms with Gasteiger partial charge in [0.1, 0.15) is 0 Å². The van der Waals surface area contributed by atoms with Crippen LogP contribution in [-0.4, -0.2) is 0 Å². The zero-order valence-electron chi connectivity index (χ0n) is 9.94. The third kappa shape index (κ3) is 4.13. The molecule has 0 amide bonds. The van der Waals surface area contributed by atoms with Crippen molar-refractivity contribution in [1.82, 2.24) is 0 Å². The molecular formula is C12H26. The Morgan fingerprint density at radius 3 is 1.58 bits per heavy atom. The van der Waals surface area contributed by atoms with Crippen LogP contribution >= 0.6 is 0 Å². The average molecular weight is 170 g/mol. The summed E-state index contributed by atoms with van der Waals surface area (Å²) in [5.74, 6) is 2.52. The molecule has 0 fully saturated rings. The van der Waals surface area contributed by atoms with Crippen LogP contribution in [0.4, 0.5) is 0 Å². The van der Waals surface area contributed by atoms with Gasteiger partial charge in [-0.1, -0.05) is 48.5 Å². The van der Waals surface area contributed by atoms with E-state index in [9.17, 15) is 0 Å². The molecule has 0 nitrogen and oxygen atoms in total. The Hall–Kier alpha value is 0. The van der Waals surface area contributed by atoms with Gasteiger partial charge in [-0.15, -0.1) is 0 Å². The Balaban J connectivity index is 3.93. The van der Waals surface area contributed by atoms with Crippen molar-refractivity contribution in [3.63, 3.8) is 0 Å². The van der Waals surface area contributed by atoms with Crippen molar-refractivity contribution < 1.29 is 0 Å². The van der Waals surface area contributed by atoms with Crippen LogP contribution in [0.3, 0.4) is 0 Å². The summed E-state index contributed by atoms with van der Waals surface area (Å²) in [7, 11) is 0. The van der Waals surface area contributed by atoms with E-state index in [1.165, 1.54) is 6.42 Å². The molecule has 74 valence electrons. The normalized spacial score (nSPS) is 18.0. The van der Waals surface area contributed by atoms with Gasteiger partial charge in [-0.3, -0.25) is 0 Å². The van der Waals surface area contributed by atoms with Gasteiger partial charge in [0.25, 0.3) is 0 Å². The van der Waals surface area contributed by atoms with Crippen molar-refractivity contribution in [2.24, 2.45) is 23.2 Å². The standard InChI is InChI=1S/C12H26/c1-9(2)10(3)8-11(4)12(5,6)7/h9-11H,8H2,1-7H3/t10-,11-/m1/s1. The second kappa shape index (κ2) is 4.30. The van der Waals surface area contributed by atoms with Crippen LogP contribution in [0.2, 0.25) is 0 Å². The second-order valence-corrected chi connectivity index (χ2v) is 5.72. The molecule has 0 aliphatic heterocycles. The minimum absolute atomic E-state index is 0.475. The fraction of sp³-hybridized carbons (Fsp3) is 1.00. The molecule has 0 aromatic carbocycles. The number of hydrogen-bond donors (Lipinski definition) is 0. The zero-order valence-corrected chi connectivity index (χ0v) is 9.94. The van der Waals surface area contributed by atoms with Gasteiger partial charge in [-0.25, -0.2) is 0 Å². The maximum atomic E-state index is 2.37. The van der Waals surface area contributed by atoms with E-state index in [-0.39, 0.29) is 0 Å². The highest BCUT2D eigenvalue weighted by atomic mass is 14.3. The average Bonchev–Trinajstić information content (AvgIpc) is 1.85. The quantitative estimate of drug-likeness (QED) is 0.590. The first-order chi connectivity index (χ1) is 5.25. The van der Waals surface area contributed by atoms with Gasteiger partial charge in [0.2, 0.25) is 0 Å². The fourth-order valence-electron chi connectivity index (χ4n) is 1.18. The minimum atomic E-state index is 0.475. The lowest BCUT2D eigenvalue weighted by molar-refractivity contribution is 0.199. The Labute approximate surface area is 78.8 Å². The van der Waals surface area contributed by atoms with E-state index in [2.05, 4.69) is 48.5 Å². The molecule has 0 bridgehead atoms. The largest absolute Gasteiger partial charge is 0.0625 e. The molecule has 0 unspecified atom stereocenters. The molecule has 0 rings (SSSR count). The van der Waals surface area contributed by atoms with E-state index in [1.807, 2.05) is 0 Å². The van der Waals surface area contributed by atoms with Gasteiger partial charge in [0.15, 0.2) is 0 Å². The third-order valence-corrected chi connectivity index (χ3v) is 3.34.